The zero-order valence-corrected chi connectivity index (χ0v) is 16.8. The molecule has 1 aliphatic heterocycles. The Bertz CT molecular complexity index is 893. The Morgan fingerprint density at radius 3 is 2.59 bits per heavy atom. The molecule has 3 rings (SSSR count). The third kappa shape index (κ3) is 4.77. The first-order valence-electron chi connectivity index (χ1n) is 9.66. The van der Waals surface area contributed by atoms with Crippen LogP contribution >= 0.6 is 0 Å². The van der Waals surface area contributed by atoms with Gasteiger partial charge >= 0.3 is 0 Å². The van der Waals surface area contributed by atoms with E-state index in [2.05, 4.69) is 10.1 Å². The molecule has 1 aromatic carbocycles. The molecule has 0 spiro atoms. The number of nitrogens with zero attached hydrogens (tertiary/aromatic N) is 4. The van der Waals surface area contributed by atoms with Crippen molar-refractivity contribution >= 4 is 5.91 Å². The van der Waals surface area contributed by atoms with Gasteiger partial charge in [0, 0.05) is 25.1 Å². The van der Waals surface area contributed by atoms with E-state index >= 15 is 0 Å². The van der Waals surface area contributed by atoms with E-state index in [1.807, 2.05) is 20.8 Å². The highest BCUT2D eigenvalue weighted by Crippen LogP contribution is 2.31. The van der Waals surface area contributed by atoms with Gasteiger partial charge in [-0.1, -0.05) is 0 Å². The zero-order valence-electron chi connectivity index (χ0n) is 16.8. The Kier molecular flexibility index (Phi) is 5.97. The third-order valence-electron chi connectivity index (χ3n) is 5.08. The van der Waals surface area contributed by atoms with Gasteiger partial charge in [-0.25, -0.2) is 22.8 Å². The maximum atomic E-state index is 13.8. The minimum atomic E-state index is -1.25. The molecule has 1 aromatic heterocycles. The van der Waals surface area contributed by atoms with Crippen molar-refractivity contribution in [2.75, 3.05) is 6.54 Å². The number of nitrogens with two attached hydrogens (primary N) is 1. The molecule has 0 saturated carbocycles. The number of carbonyl (C=O) groups is 1. The Morgan fingerprint density at radius 1 is 1.24 bits per heavy atom. The molecule has 0 unspecified atom stereocenters. The van der Waals surface area contributed by atoms with Crippen LogP contribution in [-0.4, -0.2) is 38.2 Å². The van der Waals surface area contributed by atoms with Gasteiger partial charge in [-0.05, 0) is 51.7 Å². The molecular formula is C20H26F3N5O. The number of hydrogen-bond acceptors (Lipinski definition) is 4. The summed E-state index contributed by atoms with van der Waals surface area (Å²) in [5.74, 6) is -2.86. The van der Waals surface area contributed by atoms with Crippen molar-refractivity contribution in [3.05, 3.63) is 47.3 Å². The van der Waals surface area contributed by atoms with Gasteiger partial charge in [0.05, 0.1) is 11.6 Å². The van der Waals surface area contributed by atoms with E-state index in [1.165, 1.54) is 0 Å². The highest BCUT2D eigenvalue weighted by atomic mass is 19.2. The number of halogens is 3. The van der Waals surface area contributed by atoms with Crippen molar-refractivity contribution in [1.82, 2.24) is 19.7 Å². The van der Waals surface area contributed by atoms with E-state index in [0.717, 1.165) is 18.9 Å². The second-order valence-corrected chi connectivity index (χ2v) is 8.49. The van der Waals surface area contributed by atoms with Gasteiger partial charge in [0.15, 0.2) is 17.5 Å². The van der Waals surface area contributed by atoms with E-state index in [4.69, 9.17) is 5.73 Å². The van der Waals surface area contributed by atoms with Crippen LogP contribution in [0.15, 0.2) is 18.5 Å². The zero-order chi connectivity index (χ0) is 21.3. The highest BCUT2D eigenvalue weighted by molar-refractivity contribution is 5.77. The molecule has 1 amide bonds. The van der Waals surface area contributed by atoms with Crippen LogP contribution in [-0.2, 0) is 16.8 Å². The van der Waals surface area contributed by atoms with E-state index < -0.39 is 23.5 Å². The normalized spacial score (nSPS) is 18.3. The Morgan fingerprint density at radius 2 is 1.93 bits per heavy atom. The predicted molar refractivity (Wildman–Crippen MR) is 101 cm³/mol. The molecule has 2 aromatic rings. The highest BCUT2D eigenvalue weighted by Gasteiger charge is 2.33. The summed E-state index contributed by atoms with van der Waals surface area (Å²) in [5.41, 5.74) is 5.75. The Labute approximate surface area is 167 Å². The number of carbonyl (C=O) groups excluding carboxylic acids is 1. The first-order valence-corrected chi connectivity index (χ1v) is 9.66. The fourth-order valence-electron chi connectivity index (χ4n) is 3.50. The van der Waals surface area contributed by atoms with Gasteiger partial charge in [-0.2, -0.15) is 5.10 Å². The molecule has 158 valence electrons. The molecule has 1 saturated heterocycles. The van der Waals surface area contributed by atoms with Crippen molar-refractivity contribution in [3.63, 3.8) is 0 Å². The van der Waals surface area contributed by atoms with E-state index in [9.17, 15) is 18.0 Å². The minimum Gasteiger partial charge on any atom is -0.332 e. The van der Waals surface area contributed by atoms with Gasteiger partial charge in [0.2, 0.25) is 5.91 Å². The molecule has 6 nitrogen and oxygen atoms in total. The molecule has 2 heterocycles. The maximum Gasteiger partial charge on any atom is 0.224 e. The van der Waals surface area contributed by atoms with Crippen molar-refractivity contribution < 1.29 is 18.0 Å². The van der Waals surface area contributed by atoms with Crippen molar-refractivity contribution in [1.29, 1.82) is 0 Å². The Hall–Kier alpha value is -2.42. The monoisotopic (exact) mass is 409 g/mol. The quantitative estimate of drug-likeness (QED) is 0.770. The number of hydrogen-bond donors (Lipinski definition) is 1. The first kappa shape index (κ1) is 21.3. The van der Waals surface area contributed by atoms with Crippen molar-refractivity contribution in [2.24, 2.45) is 5.73 Å². The average Bonchev–Trinajstić information content (AvgIpc) is 3.28. The van der Waals surface area contributed by atoms with Gasteiger partial charge in [-0.15, -0.1) is 0 Å². The van der Waals surface area contributed by atoms with E-state index in [1.54, 1.807) is 15.9 Å². The van der Waals surface area contributed by atoms with Crippen LogP contribution in [0.4, 0.5) is 13.2 Å². The molecule has 1 fully saturated rings. The summed E-state index contributed by atoms with van der Waals surface area (Å²) in [5, 5.41) is 4.53. The number of likely N-dealkylation sites (tertiary alicyclic amines) is 1. The number of rotatable bonds is 5. The van der Waals surface area contributed by atoms with Crippen LogP contribution in [0.2, 0.25) is 0 Å². The fourth-order valence-corrected chi connectivity index (χ4v) is 3.50. The maximum absolute atomic E-state index is 13.8. The lowest BCUT2D eigenvalue weighted by atomic mass is 10.0. The molecule has 1 aliphatic rings. The number of amides is 1. The third-order valence-corrected chi connectivity index (χ3v) is 5.08. The number of aromatic nitrogens is 3. The second-order valence-electron chi connectivity index (χ2n) is 8.49. The van der Waals surface area contributed by atoms with Crippen LogP contribution in [0.3, 0.4) is 0 Å². The van der Waals surface area contributed by atoms with Gasteiger partial charge < -0.3 is 10.6 Å². The van der Waals surface area contributed by atoms with Crippen LogP contribution < -0.4 is 5.73 Å². The van der Waals surface area contributed by atoms with Gasteiger partial charge in [0.1, 0.15) is 12.1 Å². The fraction of sp³-hybridized carbons (Fsp3) is 0.550. The van der Waals surface area contributed by atoms with Crippen molar-refractivity contribution in [2.45, 2.75) is 64.1 Å². The predicted octanol–water partition coefficient (Wildman–Crippen LogP) is 3.07. The topological polar surface area (TPSA) is 77.0 Å². The Balaban J connectivity index is 1.66. The summed E-state index contributed by atoms with van der Waals surface area (Å²) in [7, 11) is 0. The van der Waals surface area contributed by atoms with Gasteiger partial charge in [-0.3, -0.25) is 4.79 Å². The second kappa shape index (κ2) is 8.14. The molecule has 0 radical (unpaired) electrons. The minimum absolute atomic E-state index is 0.0328. The van der Waals surface area contributed by atoms with Crippen LogP contribution in [0.1, 0.15) is 57.5 Å². The molecule has 2 atom stereocenters. The average molecular weight is 409 g/mol. The number of benzene rings is 1. The summed E-state index contributed by atoms with van der Waals surface area (Å²) in [6, 6.07) is 0.338. The molecular weight excluding hydrogens is 383 g/mol. The summed E-state index contributed by atoms with van der Waals surface area (Å²) >= 11 is 0. The van der Waals surface area contributed by atoms with E-state index in [-0.39, 0.29) is 35.9 Å². The summed E-state index contributed by atoms with van der Waals surface area (Å²) in [4.78, 5) is 18.9. The summed E-state index contributed by atoms with van der Waals surface area (Å²) in [6.07, 6.45) is 3.15. The molecule has 0 aliphatic carbocycles. The van der Waals surface area contributed by atoms with Gasteiger partial charge in [0.25, 0.3) is 0 Å². The molecule has 9 heteroatoms. The standard InChI is InChI=1S/C20H26F3N5O/c1-20(2,3)28-11-25-19(26-28)17-5-4-6-27(17)18(29)9-13(24)7-12-8-15(22)16(23)10-14(12)21/h8,10-11,13,17H,4-7,9,24H2,1-3H3/t13-,17+/m1/s1. The van der Waals surface area contributed by atoms with Crippen LogP contribution in [0, 0.1) is 17.5 Å². The SMILES string of the molecule is CC(C)(C)n1cnc([C@@H]2CCCN2C(=O)C[C@H](N)Cc2cc(F)c(F)cc2F)n1. The van der Waals surface area contributed by atoms with Crippen molar-refractivity contribution in [3.8, 4) is 0 Å². The van der Waals surface area contributed by atoms with E-state index in [0.29, 0.717) is 18.4 Å². The van der Waals surface area contributed by atoms with Crippen LogP contribution in [0.25, 0.3) is 0 Å². The summed E-state index contributed by atoms with van der Waals surface area (Å²) in [6.45, 7) is 6.61. The van der Waals surface area contributed by atoms with Crippen LogP contribution in [0.5, 0.6) is 0 Å². The first-order chi connectivity index (χ1) is 13.6. The largest absolute Gasteiger partial charge is 0.332 e. The lowest BCUT2D eigenvalue weighted by molar-refractivity contribution is -0.132. The molecule has 29 heavy (non-hydrogen) atoms. The smallest absolute Gasteiger partial charge is 0.224 e. The summed E-state index contributed by atoms with van der Waals surface area (Å²) < 4.78 is 42.0. The molecule has 2 N–H and O–H groups in total. The molecule has 0 bridgehead atoms. The lowest BCUT2D eigenvalue weighted by Gasteiger charge is -2.24. The lowest BCUT2D eigenvalue weighted by Crippen LogP contribution is -2.37.